The van der Waals surface area contributed by atoms with Crippen LogP contribution in [0.3, 0.4) is 0 Å². The summed E-state index contributed by atoms with van der Waals surface area (Å²) in [6.45, 7) is 9.68. The highest BCUT2D eigenvalue weighted by atomic mass is 15.3. The van der Waals surface area contributed by atoms with Crippen molar-refractivity contribution in [2.75, 3.05) is 40.8 Å². The molecule has 2 atom stereocenters. The number of nitrogens with one attached hydrogen (secondary N) is 1. The van der Waals surface area contributed by atoms with Crippen molar-refractivity contribution in [3.8, 4) is 0 Å². The maximum atomic E-state index is 4.01. The molecule has 0 saturated carbocycles. The molecule has 1 N–H and O–H groups in total. The van der Waals surface area contributed by atoms with E-state index < -0.39 is 0 Å². The van der Waals surface area contributed by atoms with Gasteiger partial charge in [0, 0.05) is 31.7 Å². The summed E-state index contributed by atoms with van der Waals surface area (Å²) in [6, 6.07) is 1.24. The average Bonchev–Trinajstić information content (AvgIpc) is 2.21. The fourth-order valence-corrected chi connectivity index (χ4v) is 2.41. The van der Waals surface area contributed by atoms with Crippen molar-refractivity contribution in [3.63, 3.8) is 0 Å². The molecule has 16 heavy (non-hydrogen) atoms. The predicted molar refractivity (Wildman–Crippen MR) is 70.8 cm³/mol. The maximum Gasteiger partial charge on any atom is 0.0235 e. The molecule has 1 saturated heterocycles. The zero-order valence-corrected chi connectivity index (χ0v) is 11.3. The maximum absolute atomic E-state index is 4.01. The van der Waals surface area contributed by atoms with E-state index in [0.717, 1.165) is 6.42 Å². The minimum absolute atomic E-state index is 0.566. The van der Waals surface area contributed by atoms with E-state index in [-0.39, 0.29) is 0 Å². The lowest BCUT2D eigenvalue weighted by Gasteiger charge is -2.39. The van der Waals surface area contributed by atoms with Gasteiger partial charge in [-0.15, -0.1) is 6.58 Å². The molecule has 0 radical (unpaired) electrons. The number of nitrogens with zero attached hydrogens (tertiary/aromatic N) is 2. The molecule has 0 spiro atoms. The first-order valence-corrected chi connectivity index (χ1v) is 6.23. The van der Waals surface area contributed by atoms with Gasteiger partial charge in [0.25, 0.3) is 0 Å². The summed E-state index contributed by atoms with van der Waals surface area (Å²) in [6.07, 6.45) is 2.30. The lowest BCUT2D eigenvalue weighted by Crippen LogP contribution is -2.52. The second-order valence-corrected chi connectivity index (χ2v) is 5.28. The van der Waals surface area contributed by atoms with Crippen LogP contribution < -0.4 is 5.32 Å². The van der Waals surface area contributed by atoms with Crippen LogP contribution in [-0.4, -0.2) is 62.7 Å². The lowest BCUT2D eigenvalue weighted by molar-refractivity contribution is 0.102. The number of hydrogen-bond acceptors (Lipinski definition) is 3. The fraction of sp³-hybridized carbons (Fsp3) is 0.846. The summed E-state index contributed by atoms with van der Waals surface area (Å²) in [5.41, 5.74) is 1.27. The highest BCUT2D eigenvalue weighted by Gasteiger charge is 2.24. The van der Waals surface area contributed by atoms with Crippen LogP contribution in [0.5, 0.6) is 0 Å². The number of likely N-dealkylation sites (N-methyl/N-ethyl adjacent to an activating group) is 2. The molecule has 94 valence electrons. The minimum Gasteiger partial charge on any atom is -0.317 e. The Morgan fingerprint density at radius 1 is 1.44 bits per heavy atom. The van der Waals surface area contributed by atoms with E-state index in [0.29, 0.717) is 12.1 Å². The minimum atomic E-state index is 0.566. The Kier molecular flexibility index (Phi) is 5.46. The molecule has 3 nitrogen and oxygen atoms in total. The third-order valence-corrected chi connectivity index (χ3v) is 3.54. The molecule has 1 aliphatic rings. The Morgan fingerprint density at radius 2 is 2.12 bits per heavy atom. The van der Waals surface area contributed by atoms with Gasteiger partial charge >= 0.3 is 0 Å². The second-order valence-electron chi connectivity index (χ2n) is 5.28. The molecule has 1 rings (SSSR count). The highest BCUT2D eigenvalue weighted by Crippen LogP contribution is 2.15. The standard InChI is InChI=1S/C13H27N3/c1-11(2)8-12(14-3)9-13-10-15(4)6-7-16(13)5/h12-14H,1,6-10H2,2-5H3. The van der Waals surface area contributed by atoms with Crippen LogP contribution in [0.25, 0.3) is 0 Å². The van der Waals surface area contributed by atoms with Gasteiger partial charge in [0.05, 0.1) is 0 Å². The smallest absolute Gasteiger partial charge is 0.0235 e. The first kappa shape index (κ1) is 13.7. The molecule has 3 heteroatoms. The third-order valence-electron chi connectivity index (χ3n) is 3.54. The van der Waals surface area contributed by atoms with Crippen LogP contribution in [-0.2, 0) is 0 Å². The van der Waals surface area contributed by atoms with Crippen molar-refractivity contribution in [2.24, 2.45) is 0 Å². The van der Waals surface area contributed by atoms with E-state index >= 15 is 0 Å². The van der Waals surface area contributed by atoms with Gasteiger partial charge in [0.15, 0.2) is 0 Å². The summed E-state index contributed by atoms with van der Waals surface area (Å²) in [5.74, 6) is 0. The molecule has 2 unspecified atom stereocenters. The molecule has 1 heterocycles. The summed E-state index contributed by atoms with van der Waals surface area (Å²) in [4.78, 5) is 4.92. The monoisotopic (exact) mass is 225 g/mol. The van der Waals surface area contributed by atoms with Crippen LogP contribution in [0.2, 0.25) is 0 Å². The van der Waals surface area contributed by atoms with Crippen molar-refractivity contribution in [1.29, 1.82) is 0 Å². The van der Waals surface area contributed by atoms with Gasteiger partial charge in [-0.25, -0.2) is 0 Å². The Labute approximate surface area is 100 Å². The number of rotatable bonds is 5. The molecular formula is C13H27N3. The number of piperazine rings is 1. The van der Waals surface area contributed by atoms with E-state index in [1.165, 1.54) is 31.6 Å². The molecule has 0 amide bonds. The molecule has 1 aliphatic heterocycles. The lowest BCUT2D eigenvalue weighted by atomic mass is 9.98. The van der Waals surface area contributed by atoms with Crippen LogP contribution in [0.1, 0.15) is 19.8 Å². The molecule has 1 fully saturated rings. The van der Waals surface area contributed by atoms with Crippen molar-refractivity contribution in [3.05, 3.63) is 12.2 Å². The van der Waals surface area contributed by atoms with E-state index in [4.69, 9.17) is 0 Å². The summed E-state index contributed by atoms with van der Waals surface area (Å²) >= 11 is 0. The van der Waals surface area contributed by atoms with Gasteiger partial charge in [0.2, 0.25) is 0 Å². The topological polar surface area (TPSA) is 18.5 Å². The molecule has 0 aromatic heterocycles. The summed E-state index contributed by atoms with van der Waals surface area (Å²) in [7, 11) is 6.51. The SMILES string of the molecule is C=C(C)CC(CC1CN(C)CCN1C)NC. The Morgan fingerprint density at radius 3 is 2.69 bits per heavy atom. The second kappa shape index (κ2) is 6.38. The van der Waals surface area contributed by atoms with Crippen molar-refractivity contribution < 1.29 is 0 Å². The largest absolute Gasteiger partial charge is 0.317 e. The first-order chi connectivity index (χ1) is 7.52. The molecule has 0 bridgehead atoms. The van der Waals surface area contributed by atoms with Gasteiger partial charge in [-0.3, -0.25) is 0 Å². The van der Waals surface area contributed by atoms with Crippen molar-refractivity contribution in [1.82, 2.24) is 15.1 Å². The van der Waals surface area contributed by atoms with Crippen LogP contribution in [0, 0.1) is 0 Å². The summed E-state index contributed by atoms with van der Waals surface area (Å²) < 4.78 is 0. The van der Waals surface area contributed by atoms with Crippen LogP contribution in [0.15, 0.2) is 12.2 Å². The predicted octanol–water partition coefficient (Wildman–Crippen LogP) is 1.18. The molecule has 0 aromatic carbocycles. The van der Waals surface area contributed by atoms with Crippen molar-refractivity contribution in [2.45, 2.75) is 31.8 Å². The first-order valence-electron chi connectivity index (χ1n) is 6.23. The Balaban J connectivity index is 2.45. The van der Waals surface area contributed by atoms with Gasteiger partial charge in [-0.2, -0.15) is 0 Å². The fourth-order valence-electron chi connectivity index (χ4n) is 2.41. The zero-order chi connectivity index (χ0) is 12.1. The van der Waals surface area contributed by atoms with E-state index in [9.17, 15) is 0 Å². The van der Waals surface area contributed by atoms with E-state index in [1.54, 1.807) is 0 Å². The van der Waals surface area contributed by atoms with E-state index in [2.05, 4.69) is 49.8 Å². The van der Waals surface area contributed by atoms with Crippen LogP contribution in [0.4, 0.5) is 0 Å². The van der Waals surface area contributed by atoms with Crippen LogP contribution >= 0.6 is 0 Å². The quantitative estimate of drug-likeness (QED) is 0.709. The highest BCUT2D eigenvalue weighted by molar-refractivity contribution is 4.94. The van der Waals surface area contributed by atoms with Gasteiger partial charge in [-0.05, 0) is 40.9 Å². The Bertz CT molecular complexity index is 227. The Hall–Kier alpha value is -0.380. The van der Waals surface area contributed by atoms with E-state index in [1.807, 2.05) is 0 Å². The van der Waals surface area contributed by atoms with Crippen molar-refractivity contribution >= 4 is 0 Å². The third kappa shape index (κ3) is 4.24. The van der Waals surface area contributed by atoms with Gasteiger partial charge in [-0.1, -0.05) is 5.57 Å². The molecule has 0 aliphatic carbocycles. The average molecular weight is 225 g/mol. The normalized spacial score (nSPS) is 25.6. The number of hydrogen-bond donors (Lipinski definition) is 1. The van der Waals surface area contributed by atoms with Gasteiger partial charge < -0.3 is 15.1 Å². The summed E-state index contributed by atoms with van der Waals surface area (Å²) in [5, 5.41) is 3.41. The zero-order valence-electron chi connectivity index (χ0n) is 11.3. The van der Waals surface area contributed by atoms with Gasteiger partial charge in [0.1, 0.15) is 0 Å². The molecular weight excluding hydrogens is 198 g/mol. The molecule has 0 aromatic rings.